The first-order chi connectivity index (χ1) is 18.6. The van der Waals surface area contributed by atoms with Crippen LogP contribution in [0.15, 0.2) is 29.4 Å². The smallest absolute Gasteiger partial charge is 0.252 e. The van der Waals surface area contributed by atoms with E-state index >= 15 is 0 Å². The van der Waals surface area contributed by atoms with Gasteiger partial charge < -0.3 is 20.9 Å². The number of likely N-dealkylation sites (tertiary alicyclic amines) is 1. The van der Waals surface area contributed by atoms with Crippen molar-refractivity contribution in [3.05, 3.63) is 40.0 Å². The Hall–Kier alpha value is -2.80. The maximum atomic E-state index is 14.8. The summed E-state index contributed by atoms with van der Waals surface area (Å²) in [6.45, 7) is 3.43. The molecule has 9 nitrogen and oxygen atoms in total. The molecule has 0 spiro atoms. The van der Waals surface area contributed by atoms with E-state index in [0.717, 1.165) is 4.90 Å². The second-order valence-electron chi connectivity index (χ2n) is 10.3. The van der Waals surface area contributed by atoms with Crippen LogP contribution in [0.3, 0.4) is 0 Å². The number of alkyl halides is 2. The summed E-state index contributed by atoms with van der Waals surface area (Å²) < 4.78 is 67.3. The van der Waals surface area contributed by atoms with Crippen molar-refractivity contribution in [3.8, 4) is 0 Å². The Bertz CT molecular complexity index is 1280. The third-order valence-corrected chi connectivity index (χ3v) is 8.48. The summed E-state index contributed by atoms with van der Waals surface area (Å²) in [7, 11) is -4.26. The third-order valence-electron chi connectivity index (χ3n) is 7.23. The van der Waals surface area contributed by atoms with E-state index in [9.17, 15) is 36.0 Å². The summed E-state index contributed by atoms with van der Waals surface area (Å²) in [6.07, 6.45) is 0.0725. The van der Waals surface area contributed by atoms with Crippen molar-refractivity contribution in [1.82, 2.24) is 15.5 Å². The van der Waals surface area contributed by atoms with Gasteiger partial charge in [-0.15, -0.1) is 0 Å². The van der Waals surface area contributed by atoms with E-state index in [1.54, 1.807) is 32.0 Å². The predicted molar refractivity (Wildman–Crippen MR) is 145 cm³/mol. The molecule has 0 aliphatic carbocycles. The molecule has 2 fully saturated rings. The Balaban J connectivity index is 1.87. The largest absolute Gasteiger partial charge is 0.376 e. The molecule has 3 N–H and O–H groups in total. The average Bonchev–Trinajstić information content (AvgIpc) is 3.26. The lowest BCUT2D eigenvalue weighted by atomic mass is 9.89. The van der Waals surface area contributed by atoms with Crippen LogP contribution in [0.5, 0.6) is 0 Å². The predicted octanol–water partition coefficient (Wildman–Crippen LogP) is 3.33. The van der Waals surface area contributed by atoms with E-state index in [-0.39, 0.29) is 25.3 Å². The SMILES string of the molecule is CC[C@H]1CC(F)(F)C[C@@H](C(=O)N[C@H](/C=C(\F)S(C)(=O)=O)C[C@@H]2CCNC2=O)N1C(=O)CNc1cccc(Cl)c1C. The summed E-state index contributed by atoms with van der Waals surface area (Å²) in [5, 5.41) is 6.93. The second-order valence-corrected chi connectivity index (χ2v) is 12.6. The van der Waals surface area contributed by atoms with E-state index in [4.69, 9.17) is 11.6 Å². The molecule has 1 aromatic rings. The van der Waals surface area contributed by atoms with E-state index in [1.165, 1.54) is 0 Å². The fourth-order valence-corrected chi connectivity index (χ4v) is 5.65. The molecule has 2 saturated heterocycles. The van der Waals surface area contributed by atoms with Crippen LogP contribution in [0.25, 0.3) is 0 Å². The number of benzene rings is 1. The minimum absolute atomic E-state index is 0.148. The number of sulfone groups is 1. The molecule has 3 amide bonds. The van der Waals surface area contributed by atoms with Gasteiger partial charge in [-0.3, -0.25) is 14.4 Å². The molecule has 14 heteroatoms. The molecule has 2 aliphatic heterocycles. The lowest BCUT2D eigenvalue weighted by Crippen LogP contribution is -2.62. The van der Waals surface area contributed by atoms with Crippen LogP contribution in [0.1, 0.15) is 44.6 Å². The van der Waals surface area contributed by atoms with Crippen LogP contribution >= 0.6 is 11.6 Å². The molecule has 40 heavy (non-hydrogen) atoms. The number of halogens is 4. The first kappa shape index (κ1) is 31.7. The van der Waals surface area contributed by atoms with E-state index in [2.05, 4.69) is 16.0 Å². The lowest BCUT2D eigenvalue weighted by molar-refractivity contribution is -0.159. The van der Waals surface area contributed by atoms with Crippen molar-refractivity contribution in [2.45, 2.75) is 70.0 Å². The summed E-state index contributed by atoms with van der Waals surface area (Å²) >= 11 is 6.14. The number of hydrogen-bond donors (Lipinski definition) is 3. The molecule has 222 valence electrons. The van der Waals surface area contributed by atoms with Crippen molar-refractivity contribution in [3.63, 3.8) is 0 Å². The van der Waals surface area contributed by atoms with Crippen molar-refractivity contribution in [2.24, 2.45) is 5.92 Å². The van der Waals surface area contributed by atoms with Gasteiger partial charge in [-0.1, -0.05) is 24.6 Å². The van der Waals surface area contributed by atoms with Crippen LogP contribution < -0.4 is 16.0 Å². The quantitative estimate of drug-likeness (QED) is 0.375. The van der Waals surface area contributed by atoms with Gasteiger partial charge in [0.25, 0.3) is 5.92 Å². The van der Waals surface area contributed by atoms with E-state index in [1.807, 2.05) is 0 Å². The molecule has 2 aliphatic rings. The highest BCUT2D eigenvalue weighted by Gasteiger charge is 2.49. The second kappa shape index (κ2) is 12.8. The maximum absolute atomic E-state index is 14.8. The van der Waals surface area contributed by atoms with Gasteiger partial charge in [0, 0.05) is 48.3 Å². The molecule has 0 aromatic heterocycles. The maximum Gasteiger partial charge on any atom is 0.252 e. The number of nitrogens with zero attached hydrogens (tertiary/aromatic N) is 1. The number of rotatable bonds is 10. The Kier molecular flexibility index (Phi) is 10.2. The molecular weight excluding hydrogens is 573 g/mol. The van der Waals surface area contributed by atoms with Crippen molar-refractivity contribution in [2.75, 3.05) is 24.7 Å². The normalized spacial score (nSPS) is 23.9. The van der Waals surface area contributed by atoms with Crippen LogP contribution in [-0.4, -0.2) is 74.4 Å². The minimum Gasteiger partial charge on any atom is -0.376 e. The first-order valence-electron chi connectivity index (χ1n) is 13.0. The molecule has 0 radical (unpaired) electrons. The average molecular weight is 607 g/mol. The standard InChI is InChI=1S/C26H34ClF3N4O5S/c1-4-18-12-26(29,30)13-21(34(18)23(35)14-32-20-7-5-6-19(27)15(20)2)25(37)33-17(11-22(28)40(3,38)39)10-16-8-9-31-24(16)36/h5-7,11,16-18,21,32H,4,8-10,12-14H2,1-3H3,(H,31,36)(H,33,37)/b22-11+/t16-,17-,18-,21-/m0/s1. The van der Waals surface area contributed by atoms with Crippen molar-refractivity contribution in [1.29, 1.82) is 0 Å². The topological polar surface area (TPSA) is 125 Å². The Morgan fingerprint density at radius 2 is 2.00 bits per heavy atom. The Labute approximate surface area is 236 Å². The summed E-state index contributed by atoms with van der Waals surface area (Å²) in [5.41, 5.74) is 1.25. The molecule has 1 aromatic carbocycles. The minimum atomic E-state index is -4.26. The third kappa shape index (κ3) is 7.90. The monoisotopic (exact) mass is 606 g/mol. The number of anilines is 1. The van der Waals surface area contributed by atoms with E-state index in [0.29, 0.717) is 41.6 Å². The Morgan fingerprint density at radius 3 is 2.60 bits per heavy atom. The molecule has 2 heterocycles. The highest BCUT2D eigenvalue weighted by Crippen LogP contribution is 2.37. The fourth-order valence-electron chi connectivity index (χ4n) is 5.07. The molecule has 0 saturated carbocycles. The van der Waals surface area contributed by atoms with Gasteiger partial charge in [0.2, 0.25) is 32.7 Å². The van der Waals surface area contributed by atoms with Gasteiger partial charge >= 0.3 is 0 Å². The van der Waals surface area contributed by atoms with E-state index < -0.39 is 69.6 Å². The van der Waals surface area contributed by atoms with Gasteiger partial charge in [0.15, 0.2) is 0 Å². The van der Waals surface area contributed by atoms with Crippen LogP contribution in [-0.2, 0) is 24.2 Å². The molecule has 0 unspecified atom stereocenters. The zero-order valence-electron chi connectivity index (χ0n) is 22.5. The van der Waals surface area contributed by atoms with Crippen molar-refractivity contribution < 1.29 is 36.0 Å². The number of hydrogen-bond acceptors (Lipinski definition) is 6. The van der Waals surface area contributed by atoms with Crippen LogP contribution in [0.2, 0.25) is 5.02 Å². The summed E-state index contributed by atoms with van der Waals surface area (Å²) in [5.74, 6) is -5.85. The summed E-state index contributed by atoms with van der Waals surface area (Å²) in [6, 6.07) is 1.19. The van der Waals surface area contributed by atoms with Crippen LogP contribution in [0, 0.1) is 12.8 Å². The number of carbonyl (C=O) groups excluding carboxylic acids is 3. The number of amides is 3. The molecule has 3 rings (SSSR count). The first-order valence-corrected chi connectivity index (χ1v) is 15.2. The Morgan fingerprint density at radius 1 is 1.30 bits per heavy atom. The number of carbonyl (C=O) groups is 3. The molecule has 4 atom stereocenters. The zero-order chi connectivity index (χ0) is 29.8. The van der Waals surface area contributed by atoms with Gasteiger partial charge in [-0.05, 0) is 50.0 Å². The van der Waals surface area contributed by atoms with Gasteiger partial charge in [0.1, 0.15) is 6.04 Å². The molecular formula is C26H34ClF3N4O5S. The molecule has 0 bridgehead atoms. The number of nitrogens with one attached hydrogen (secondary N) is 3. The fraction of sp³-hybridized carbons (Fsp3) is 0.577. The van der Waals surface area contributed by atoms with Crippen molar-refractivity contribution >= 4 is 44.8 Å². The summed E-state index contributed by atoms with van der Waals surface area (Å²) in [4.78, 5) is 40.1. The van der Waals surface area contributed by atoms with Gasteiger partial charge in [-0.2, -0.15) is 4.39 Å². The zero-order valence-corrected chi connectivity index (χ0v) is 24.0. The number of piperidine rings is 1. The highest BCUT2D eigenvalue weighted by atomic mass is 35.5. The highest BCUT2D eigenvalue weighted by molar-refractivity contribution is 7.94. The van der Waals surface area contributed by atoms with Gasteiger partial charge in [-0.25, -0.2) is 17.2 Å². The lowest BCUT2D eigenvalue weighted by Gasteiger charge is -2.44. The van der Waals surface area contributed by atoms with Gasteiger partial charge in [0.05, 0.1) is 12.6 Å². The van der Waals surface area contributed by atoms with Crippen LogP contribution in [0.4, 0.5) is 18.9 Å².